The van der Waals surface area contributed by atoms with E-state index in [9.17, 15) is 13.2 Å². The van der Waals surface area contributed by atoms with Crippen molar-refractivity contribution < 1.29 is 13.2 Å². The van der Waals surface area contributed by atoms with Gasteiger partial charge in [-0.15, -0.1) is 0 Å². The van der Waals surface area contributed by atoms with Crippen LogP contribution in [0.2, 0.25) is 0 Å². The van der Waals surface area contributed by atoms with E-state index < -0.39 is 17.5 Å². The SMILES string of the molecule is CC1(C)CCC(Nc2cc(F)cc(F)c2F)C1. The summed E-state index contributed by atoms with van der Waals surface area (Å²) in [7, 11) is 0. The second-order valence-electron chi connectivity index (χ2n) is 5.50. The molecule has 17 heavy (non-hydrogen) atoms. The van der Waals surface area contributed by atoms with Crippen molar-refractivity contribution in [2.24, 2.45) is 5.41 Å². The maximum atomic E-state index is 13.4. The number of hydrogen-bond acceptors (Lipinski definition) is 1. The van der Waals surface area contributed by atoms with Crippen LogP contribution in [0.25, 0.3) is 0 Å². The first-order valence-corrected chi connectivity index (χ1v) is 5.78. The first kappa shape index (κ1) is 12.3. The van der Waals surface area contributed by atoms with Crippen molar-refractivity contribution in [2.75, 3.05) is 5.32 Å². The third-order valence-corrected chi connectivity index (χ3v) is 3.32. The molecule has 0 amide bonds. The normalized spacial score (nSPS) is 22.8. The lowest BCUT2D eigenvalue weighted by Crippen LogP contribution is -2.18. The van der Waals surface area contributed by atoms with Gasteiger partial charge in [-0.2, -0.15) is 0 Å². The number of halogens is 3. The Labute approximate surface area is 99.0 Å². The van der Waals surface area contributed by atoms with Gasteiger partial charge in [0.2, 0.25) is 0 Å². The predicted molar refractivity (Wildman–Crippen MR) is 61.4 cm³/mol. The number of hydrogen-bond donors (Lipinski definition) is 1. The average molecular weight is 243 g/mol. The lowest BCUT2D eigenvalue weighted by molar-refractivity contribution is 0.378. The molecular weight excluding hydrogens is 227 g/mol. The van der Waals surface area contributed by atoms with Crippen molar-refractivity contribution in [1.29, 1.82) is 0 Å². The molecule has 1 aromatic carbocycles. The molecular formula is C13H16F3N. The first-order chi connectivity index (χ1) is 7.87. The van der Waals surface area contributed by atoms with Gasteiger partial charge in [0.25, 0.3) is 0 Å². The van der Waals surface area contributed by atoms with Crippen LogP contribution < -0.4 is 5.32 Å². The van der Waals surface area contributed by atoms with Crippen molar-refractivity contribution in [1.82, 2.24) is 0 Å². The van der Waals surface area contributed by atoms with Crippen LogP contribution in [-0.2, 0) is 0 Å². The largest absolute Gasteiger partial charge is 0.380 e. The molecule has 1 nitrogen and oxygen atoms in total. The molecule has 0 saturated heterocycles. The zero-order chi connectivity index (χ0) is 12.6. The van der Waals surface area contributed by atoms with Gasteiger partial charge >= 0.3 is 0 Å². The van der Waals surface area contributed by atoms with Crippen molar-refractivity contribution in [2.45, 2.75) is 39.2 Å². The van der Waals surface area contributed by atoms with E-state index in [2.05, 4.69) is 19.2 Å². The molecule has 1 fully saturated rings. The zero-order valence-corrected chi connectivity index (χ0v) is 9.99. The summed E-state index contributed by atoms with van der Waals surface area (Å²) >= 11 is 0. The Morgan fingerprint density at radius 1 is 1.24 bits per heavy atom. The fraction of sp³-hybridized carbons (Fsp3) is 0.538. The van der Waals surface area contributed by atoms with Crippen LogP contribution in [0.3, 0.4) is 0 Å². The highest BCUT2D eigenvalue weighted by molar-refractivity contribution is 5.46. The summed E-state index contributed by atoms with van der Waals surface area (Å²) in [5.41, 5.74) is 0.130. The van der Waals surface area contributed by atoms with Crippen molar-refractivity contribution in [3.8, 4) is 0 Å². The number of anilines is 1. The topological polar surface area (TPSA) is 12.0 Å². The Kier molecular flexibility index (Phi) is 3.06. The van der Waals surface area contributed by atoms with Crippen LogP contribution >= 0.6 is 0 Å². The van der Waals surface area contributed by atoms with Crippen LogP contribution in [0.1, 0.15) is 33.1 Å². The lowest BCUT2D eigenvalue weighted by atomic mass is 9.92. The molecule has 0 spiro atoms. The molecule has 1 aliphatic carbocycles. The highest BCUT2D eigenvalue weighted by Gasteiger charge is 2.31. The second-order valence-corrected chi connectivity index (χ2v) is 5.50. The highest BCUT2D eigenvalue weighted by atomic mass is 19.2. The molecule has 2 rings (SSSR count). The van der Waals surface area contributed by atoms with Gasteiger partial charge in [-0.1, -0.05) is 13.8 Å². The molecule has 1 atom stereocenters. The highest BCUT2D eigenvalue weighted by Crippen LogP contribution is 2.38. The van der Waals surface area contributed by atoms with E-state index in [0.29, 0.717) is 6.07 Å². The van der Waals surface area contributed by atoms with Gasteiger partial charge in [0.15, 0.2) is 11.6 Å². The third-order valence-electron chi connectivity index (χ3n) is 3.32. The molecule has 1 N–H and O–H groups in total. The molecule has 1 aliphatic rings. The second kappa shape index (κ2) is 4.24. The summed E-state index contributed by atoms with van der Waals surface area (Å²) in [6.07, 6.45) is 2.80. The lowest BCUT2D eigenvalue weighted by Gasteiger charge is -2.19. The maximum absolute atomic E-state index is 13.4. The minimum atomic E-state index is -1.15. The summed E-state index contributed by atoms with van der Waals surface area (Å²) < 4.78 is 39.4. The number of benzene rings is 1. The number of rotatable bonds is 2. The Hall–Kier alpha value is -1.19. The van der Waals surface area contributed by atoms with Crippen LogP contribution in [0.5, 0.6) is 0 Å². The molecule has 0 heterocycles. The van der Waals surface area contributed by atoms with E-state index in [0.717, 1.165) is 25.3 Å². The minimum Gasteiger partial charge on any atom is -0.380 e. The maximum Gasteiger partial charge on any atom is 0.182 e. The number of nitrogens with one attached hydrogen (secondary N) is 1. The van der Waals surface area contributed by atoms with Gasteiger partial charge < -0.3 is 5.32 Å². The average Bonchev–Trinajstić information content (AvgIpc) is 2.54. The van der Waals surface area contributed by atoms with Crippen molar-refractivity contribution in [3.05, 3.63) is 29.6 Å². The summed E-state index contributed by atoms with van der Waals surface area (Å²) in [6, 6.07) is 1.64. The zero-order valence-electron chi connectivity index (χ0n) is 9.99. The quantitative estimate of drug-likeness (QED) is 0.771. The Balaban J connectivity index is 2.14. The molecule has 1 saturated carbocycles. The molecule has 1 unspecified atom stereocenters. The van der Waals surface area contributed by atoms with E-state index in [1.807, 2.05) is 0 Å². The Bertz CT molecular complexity index is 429. The monoisotopic (exact) mass is 243 g/mol. The summed E-state index contributed by atoms with van der Waals surface area (Å²) in [6.45, 7) is 4.27. The molecule has 1 aromatic rings. The summed E-state index contributed by atoms with van der Waals surface area (Å²) in [5, 5.41) is 2.89. The van der Waals surface area contributed by atoms with E-state index in [-0.39, 0.29) is 17.1 Å². The van der Waals surface area contributed by atoms with E-state index in [4.69, 9.17) is 0 Å². The standard InChI is InChI=1S/C13H16F3N/c1-13(2)4-3-9(7-13)17-11-6-8(14)5-10(15)12(11)16/h5-6,9,17H,3-4,7H2,1-2H3. The molecule has 0 radical (unpaired) electrons. The fourth-order valence-corrected chi connectivity index (χ4v) is 2.44. The van der Waals surface area contributed by atoms with Gasteiger partial charge in [0.05, 0.1) is 5.69 Å². The van der Waals surface area contributed by atoms with Gasteiger partial charge in [0.1, 0.15) is 5.82 Å². The molecule has 94 valence electrons. The van der Waals surface area contributed by atoms with E-state index in [1.165, 1.54) is 0 Å². The fourth-order valence-electron chi connectivity index (χ4n) is 2.44. The molecule has 4 heteroatoms. The van der Waals surface area contributed by atoms with E-state index in [1.54, 1.807) is 0 Å². The van der Waals surface area contributed by atoms with Crippen LogP contribution in [0, 0.1) is 22.9 Å². The molecule has 0 aliphatic heterocycles. The molecule has 0 aromatic heterocycles. The predicted octanol–water partition coefficient (Wildman–Crippen LogP) is 4.09. The van der Waals surface area contributed by atoms with E-state index >= 15 is 0 Å². The first-order valence-electron chi connectivity index (χ1n) is 5.78. The van der Waals surface area contributed by atoms with Crippen LogP contribution in [0.4, 0.5) is 18.9 Å². The summed E-state index contributed by atoms with van der Waals surface area (Å²) in [4.78, 5) is 0. The minimum absolute atomic E-state index is 0.0785. The smallest absolute Gasteiger partial charge is 0.182 e. The van der Waals surface area contributed by atoms with Crippen LogP contribution in [0.15, 0.2) is 12.1 Å². The Morgan fingerprint density at radius 2 is 1.94 bits per heavy atom. The van der Waals surface area contributed by atoms with Gasteiger partial charge in [-0.3, -0.25) is 0 Å². The van der Waals surface area contributed by atoms with Crippen LogP contribution in [-0.4, -0.2) is 6.04 Å². The third kappa shape index (κ3) is 2.73. The van der Waals surface area contributed by atoms with Crippen molar-refractivity contribution >= 4 is 5.69 Å². The van der Waals surface area contributed by atoms with Gasteiger partial charge in [-0.05, 0) is 24.7 Å². The summed E-state index contributed by atoms with van der Waals surface area (Å²) in [5.74, 6) is -2.91. The molecule has 0 bridgehead atoms. The van der Waals surface area contributed by atoms with Crippen molar-refractivity contribution in [3.63, 3.8) is 0 Å². The Morgan fingerprint density at radius 3 is 2.53 bits per heavy atom. The van der Waals surface area contributed by atoms with Gasteiger partial charge in [0, 0.05) is 18.2 Å². The van der Waals surface area contributed by atoms with Gasteiger partial charge in [-0.25, -0.2) is 13.2 Å².